The highest BCUT2D eigenvalue weighted by Gasteiger charge is 2.15. The lowest BCUT2D eigenvalue weighted by atomic mass is 10.2. The molecule has 5 heteroatoms. The molecule has 0 saturated heterocycles. The molecule has 0 aliphatic carbocycles. The van der Waals surface area contributed by atoms with Crippen LogP contribution in [-0.4, -0.2) is 5.96 Å². The van der Waals surface area contributed by atoms with Gasteiger partial charge in [0, 0.05) is 6.07 Å². The van der Waals surface area contributed by atoms with Crippen LogP contribution in [0.2, 0.25) is 0 Å². The molecule has 5 nitrogen and oxygen atoms in total. The van der Waals surface area contributed by atoms with Gasteiger partial charge >= 0.3 is 0 Å². The molecule has 0 fully saturated rings. The van der Waals surface area contributed by atoms with Crippen LogP contribution in [0.3, 0.4) is 0 Å². The first-order valence-electron chi connectivity index (χ1n) is 3.52. The summed E-state index contributed by atoms with van der Waals surface area (Å²) in [6.07, 6.45) is 0. The van der Waals surface area contributed by atoms with Crippen molar-refractivity contribution in [3.8, 4) is 0 Å². The summed E-state index contributed by atoms with van der Waals surface area (Å²) in [6, 6.07) is 7.11. The maximum atomic E-state index is 11.2. The Morgan fingerprint density at radius 3 is 3.00 bits per heavy atom. The molecule has 0 radical (unpaired) electrons. The van der Waals surface area contributed by atoms with Crippen LogP contribution < -0.4 is 16.2 Å². The standard InChI is InChI=1S/C7H8N4O/c8-7-9-5-3-1-2-4-6(5)11(12)10-7/h1-4,11H,(H3,8,9,10). The third-order valence-corrected chi connectivity index (χ3v) is 1.64. The molecule has 1 atom stereocenters. The van der Waals surface area contributed by atoms with Gasteiger partial charge in [-0.3, -0.25) is 0 Å². The number of nitrogens with one attached hydrogen (secondary N) is 2. The van der Waals surface area contributed by atoms with Crippen molar-refractivity contribution in [2.24, 2.45) is 10.8 Å². The fraction of sp³-hybridized carbons (Fsp3) is 0. The molecule has 62 valence electrons. The molecule has 0 saturated carbocycles. The predicted molar refractivity (Wildman–Crippen MR) is 45.7 cm³/mol. The van der Waals surface area contributed by atoms with Crippen LogP contribution in [0.5, 0.6) is 0 Å². The highest BCUT2D eigenvalue weighted by atomic mass is 16.5. The third-order valence-electron chi connectivity index (χ3n) is 1.64. The molecular formula is C7H8N4O. The van der Waals surface area contributed by atoms with Crippen LogP contribution in [0.15, 0.2) is 29.4 Å². The Kier molecular flexibility index (Phi) is 1.46. The first-order chi connectivity index (χ1) is 5.77. The Morgan fingerprint density at radius 2 is 2.17 bits per heavy atom. The first kappa shape index (κ1) is 7.08. The molecule has 0 bridgehead atoms. The molecule has 1 aliphatic heterocycles. The van der Waals surface area contributed by atoms with Gasteiger partial charge in [0.1, 0.15) is 5.69 Å². The highest BCUT2D eigenvalue weighted by molar-refractivity contribution is 5.95. The van der Waals surface area contributed by atoms with Gasteiger partial charge in [0.25, 0.3) is 5.96 Å². The zero-order valence-corrected chi connectivity index (χ0v) is 6.24. The van der Waals surface area contributed by atoms with Crippen molar-refractivity contribution < 1.29 is 5.17 Å². The lowest BCUT2D eigenvalue weighted by Crippen LogP contribution is -2.98. The van der Waals surface area contributed by atoms with E-state index in [-0.39, 0.29) is 11.1 Å². The van der Waals surface area contributed by atoms with Crippen LogP contribution in [0, 0.1) is 5.21 Å². The Balaban J connectivity index is 2.48. The minimum atomic E-state index is -0.290. The van der Waals surface area contributed by atoms with Crippen molar-refractivity contribution >= 4 is 17.3 Å². The summed E-state index contributed by atoms with van der Waals surface area (Å²) in [5.41, 5.74) is 6.64. The predicted octanol–water partition coefficient (Wildman–Crippen LogP) is -0.644. The van der Waals surface area contributed by atoms with Gasteiger partial charge in [-0.2, -0.15) is 0 Å². The van der Waals surface area contributed by atoms with E-state index in [4.69, 9.17) is 5.73 Å². The summed E-state index contributed by atoms with van der Waals surface area (Å²) in [5.74, 6) is 0.152. The number of hydrogen-bond donors (Lipinski definition) is 3. The van der Waals surface area contributed by atoms with E-state index in [1.165, 1.54) is 0 Å². The fourth-order valence-corrected chi connectivity index (χ4v) is 1.11. The lowest BCUT2D eigenvalue weighted by Gasteiger charge is -2.22. The zero-order valence-electron chi connectivity index (χ0n) is 6.24. The van der Waals surface area contributed by atoms with Crippen molar-refractivity contribution in [2.75, 3.05) is 5.32 Å². The van der Waals surface area contributed by atoms with Crippen LogP contribution in [-0.2, 0) is 0 Å². The number of hydrogen-bond acceptors (Lipinski definition) is 4. The number of fused-ring (bicyclic) bond motifs is 1. The molecule has 1 aromatic carbocycles. The molecular weight excluding hydrogens is 156 g/mol. The number of anilines is 1. The van der Waals surface area contributed by atoms with E-state index in [0.29, 0.717) is 5.69 Å². The van der Waals surface area contributed by atoms with E-state index >= 15 is 0 Å². The number of nitrogens with two attached hydrogens (primary N) is 1. The van der Waals surface area contributed by atoms with E-state index < -0.39 is 0 Å². The van der Waals surface area contributed by atoms with Gasteiger partial charge in [-0.1, -0.05) is 12.1 Å². The topological polar surface area (TPSA) is 77.9 Å². The normalized spacial score (nSPS) is 20.8. The van der Waals surface area contributed by atoms with E-state index in [9.17, 15) is 5.21 Å². The van der Waals surface area contributed by atoms with Gasteiger partial charge in [0.15, 0.2) is 5.69 Å². The molecule has 1 aliphatic rings. The highest BCUT2D eigenvalue weighted by Crippen LogP contribution is 2.17. The lowest BCUT2D eigenvalue weighted by molar-refractivity contribution is -0.783. The molecule has 0 aromatic heterocycles. The SMILES string of the molecule is NC1=N[NH+]([O-])c2ccccc2N1. The average molecular weight is 164 g/mol. The monoisotopic (exact) mass is 164 g/mol. The van der Waals surface area contributed by atoms with Gasteiger partial charge in [0.2, 0.25) is 0 Å². The van der Waals surface area contributed by atoms with Gasteiger partial charge in [-0.15, -0.1) is 0 Å². The van der Waals surface area contributed by atoms with Gasteiger partial charge in [-0.25, -0.2) is 5.17 Å². The van der Waals surface area contributed by atoms with Crippen LogP contribution >= 0.6 is 0 Å². The van der Waals surface area contributed by atoms with Crippen molar-refractivity contribution in [2.45, 2.75) is 0 Å². The Hall–Kier alpha value is -1.59. The van der Waals surface area contributed by atoms with Crippen molar-refractivity contribution in [3.63, 3.8) is 0 Å². The largest absolute Gasteiger partial charge is 0.601 e. The molecule has 0 spiro atoms. The number of rotatable bonds is 0. The smallest absolute Gasteiger partial charge is 0.252 e. The maximum Gasteiger partial charge on any atom is 0.252 e. The summed E-state index contributed by atoms with van der Waals surface area (Å²) in [4.78, 5) is 0. The summed E-state index contributed by atoms with van der Waals surface area (Å²) in [5, 5.41) is 17.3. The molecule has 0 amide bonds. The van der Waals surface area contributed by atoms with Crippen molar-refractivity contribution in [1.82, 2.24) is 0 Å². The van der Waals surface area contributed by atoms with E-state index in [2.05, 4.69) is 10.4 Å². The fourth-order valence-electron chi connectivity index (χ4n) is 1.11. The molecule has 4 N–H and O–H groups in total. The summed E-state index contributed by atoms with van der Waals surface area (Å²) >= 11 is 0. The first-order valence-corrected chi connectivity index (χ1v) is 3.52. The summed E-state index contributed by atoms with van der Waals surface area (Å²) in [7, 11) is 0. The molecule has 1 unspecified atom stereocenters. The minimum absolute atomic E-state index is 0.152. The number of para-hydroxylation sites is 1. The number of quaternary nitrogens is 1. The number of benzene rings is 1. The van der Waals surface area contributed by atoms with Gasteiger partial charge < -0.3 is 16.3 Å². The van der Waals surface area contributed by atoms with E-state index in [1.807, 2.05) is 6.07 Å². The quantitative estimate of drug-likeness (QED) is 0.446. The molecule has 12 heavy (non-hydrogen) atoms. The second-order valence-electron chi connectivity index (χ2n) is 2.47. The van der Waals surface area contributed by atoms with Crippen LogP contribution in [0.1, 0.15) is 0 Å². The van der Waals surface area contributed by atoms with E-state index in [0.717, 1.165) is 5.69 Å². The average Bonchev–Trinajstić information content (AvgIpc) is 2.04. The molecule has 2 rings (SSSR count). The van der Waals surface area contributed by atoms with Gasteiger partial charge in [0.05, 0.1) is 0 Å². The van der Waals surface area contributed by atoms with Crippen molar-refractivity contribution in [3.05, 3.63) is 29.5 Å². The van der Waals surface area contributed by atoms with Crippen LogP contribution in [0.25, 0.3) is 0 Å². The Morgan fingerprint density at radius 1 is 1.42 bits per heavy atom. The van der Waals surface area contributed by atoms with Gasteiger partial charge in [-0.05, 0) is 11.2 Å². The second kappa shape index (κ2) is 2.47. The second-order valence-corrected chi connectivity index (χ2v) is 2.47. The summed E-state index contributed by atoms with van der Waals surface area (Å²) in [6.45, 7) is 0. The van der Waals surface area contributed by atoms with Crippen molar-refractivity contribution in [1.29, 1.82) is 0 Å². The molecule has 1 aromatic rings. The number of guanidine groups is 1. The van der Waals surface area contributed by atoms with E-state index in [1.54, 1.807) is 18.2 Å². The minimum Gasteiger partial charge on any atom is -0.601 e. The Labute approximate surface area is 69.1 Å². The summed E-state index contributed by atoms with van der Waals surface area (Å²) < 4.78 is 0. The zero-order chi connectivity index (χ0) is 8.55. The molecule has 1 heterocycles. The van der Waals surface area contributed by atoms with Crippen LogP contribution in [0.4, 0.5) is 11.4 Å². The number of nitrogens with zero attached hydrogens (tertiary/aromatic N) is 1. The third kappa shape index (κ3) is 1.01. The Bertz CT molecular complexity index is 336. The maximum absolute atomic E-state index is 11.2.